The van der Waals surface area contributed by atoms with Crippen LogP contribution in [0.3, 0.4) is 0 Å². The molecule has 0 bridgehead atoms. The third kappa shape index (κ3) is 15.0. The Kier molecular flexibility index (Phi) is 19.6. The van der Waals surface area contributed by atoms with Crippen LogP contribution in [0.5, 0.6) is 0 Å². The van der Waals surface area contributed by atoms with E-state index in [9.17, 15) is 62.6 Å². The van der Waals surface area contributed by atoms with Crippen LogP contribution >= 0.6 is 0 Å². The summed E-state index contributed by atoms with van der Waals surface area (Å²) in [4.78, 5) is 11.7. The van der Waals surface area contributed by atoms with Crippen LogP contribution in [0.2, 0.25) is 0 Å². The Morgan fingerprint density at radius 2 is 0.892 bits per heavy atom. The Labute approximate surface area is 400 Å². The molecule has 1 heterocycles. The van der Waals surface area contributed by atoms with E-state index in [4.69, 9.17) is 14.2 Å². The molecule has 0 unspecified atom stereocenters. The molecule has 2 saturated carbocycles. The molecule has 1 spiro atoms. The number of alkyl carbamates (subject to hydrolysis) is 1. The molecule has 65 heavy (non-hydrogen) atoms. The largest absolute Gasteiger partial charge is 2.00 e. The predicted molar refractivity (Wildman–Crippen MR) is 218 cm³/mol. The first-order valence-corrected chi connectivity index (χ1v) is 20.4. The molecule has 2 aromatic carbocycles. The molecular weight excluding hydrogens is 967 g/mol. The van der Waals surface area contributed by atoms with E-state index in [0.29, 0.717) is 49.9 Å². The van der Waals surface area contributed by atoms with E-state index in [2.05, 4.69) is 5.32 Å². The first-order valence-electron chi connectivity index (χ1n) is 20.4. The van der Waals surface area contributed by atoms with Gasteiger partial charge in [0.1, 0.15) is 5.60 Å². The number of carbonyl (C=O) groups excluding carboxylic acids is 1. The number of rotatable bonds is 9. The summed E-state index contributed by atoms with van der Waals surface area (Å²) in [7, 11) is 0. The first-order chi connectivity index (χ1) is 27.8. The van der Waals surface area contributed by atoms with Gasteiger partial charge in [0.15, 0.2) is 0 Å². The number of cyclic esters (lactones) is 1. The normalized spacial score (nSPS) is 26.8. The van der Waals surface area contributed by atoms with Gasteiger partial charge in [0.05, 0.1) is 58.8 Å². The average molecular weight is 1030 g/mol. The summed E-state index contributed by atoms with van der Waals surface area (Å²) in [6, 6.07) is 3.06. The van der Waals surface area contributed by atoms with Crippen molar-refractivity contribution in [3.63, 3.8) is 0 Å². The number of nitrogens with one attached hydrogen (secondary N) is 1. The molecular formula is C45H60BrF12MgNO5. The van der Waals surface area contributed by atoms with Crippen molar-refractivity contribution in [3.05, 3.63) is 77.2 Å². The summed E-state index contributed by atoms with van der Waals surface area (Å²) >= 11 is 0. The molecule has 3 fully saturated rings. The van der Waals surface area contributed by atoms with Gasteiger partial charge in [-0.2, -0.15) is 52.7 Å². The summed E-state index contributed by atoms with van der Waals surface area (Å²) in [5, 5.41) is 13.3. The Balaban J connectivity index is 0.000000623. The van der Waals surface area contributed by atoms with Crippen LogP contribution in [0, 0.1) is 23.7 Å². The number of hydrogen-bond acceptors (Lipinski definition) is 5. The quantitative estimate of drug-likeness (QED) is 0.149. The summed E-state index contributed by atoms with van der Waals surface area (Å²) in [5.41, 5.74) is -8.59. The molecule has 1 aliphatic heterocycles. The zero-order chi connectivity index (χ0) is 47.3. The Morgan fingerprint density at radius 1 is 0.600 bits per heavy atom. The average Bonchev–Trinajstić information content (AvgIpc) is 3.36. The second-order valence-corrected chi connectivity index (χ2v) is 19.4. The van der Waals surface area contributed by atoms with E-state index in [1.54, 1.807) is 13.8 Å². The van der Waals surface area contributed by atoms with E-state index in [1.165, 1.54) is 13.8 Å². The smallest absolute Gasteiger partial charge is 1.00 e. The van der Waals surface area contributed by atoms with E-state index < -0.39 is 82.0 Å². The molecule has 0 radical (unpaired) electrons. The molecule has 2 atom stereocenters. The Hall–Kier alpha value is -2.00. The zero-order valence-electron chi connectivity index (χ0n) is 38.4. The van der Waals surface area contributed by atoms with Crippen LogP contribution in [0.25, 0.3) is 0 Å². The summed E-state index contributed by atoms with van der Waals surface area (Å²) in [5.74, 6) is 0. The van der Waals surface area contributed by atoms with Crippen molar-refractivity contribution in [1.29, 1.82) is 0 Å². The molecule has 2 aliphatic carbocycles. The minimum absolute atomic E-state index is 0. The maximum atomic E-state index is 13.1. The maximum absolute atomic E-state index is 13.1. The SMILES string of the molecule is C[C@@H](OCC1(C)CCC(C)(C(C)(C)O)CC1)c1cc(C(F)(F)F)cc(C(F)(F)F)c1.C[C@@H](OCC1(C)CCC2(CC1)NC(=O)OC2(C)C)c1cc(C(F)(F)F)cc(C(F)(F)F)c1.[Br-].[CH3-].[Mg+2]. The van der Waals surface area contributed by atoms with Crippen molar-refractivity contribution in [3.8, 4) is 0 Å². The topological polar surface area (TPSA) is 77.0 Å². The molecule has 2 aromatic rings. The van der Waals surface area contributed by atoms with Gasteiger partial charge >= 0.3 is 53.9 Å². The minimum Gasteiger partial charge on any atom is -1.00 e. The van der Waals surface area contributed by atoms with Gasteiger partial charge in [-0.15, -0.1) is 0 Å². The second kappa shape index (κ2) is 20.9. The predicted octanol–water partition coefficient (Wildman–Crippen LogP) is 10.9. The molecule has 2 N–H and O–H groups in total. The number of aliphatic hydroxyl groups is 1. The van der Waals surface area contributed by atoms with Crippen molar-refractivity contribution < 1.29 is 93.8 Å². The summed E-state index contributed by atoms with van der Waals surface area (Å²) < 4.78 is 174. The summed E-state index contributed by atoms with van der Waals surface area (Å²) in [6.45, 7) is 16.5. The number of hydrogen-bond donors (Lipinski definition) is 2. The van der Waals surface area contributed by atoms with Gasteiger partial charge in [-0.1, -0.05) is 20.8 Å². The van der Waals surface area contributed by atoms with Crippen LogP contribution in [0.15, 0.2) is 36.4 Å². The molecule has 3 aliphatic rings. The van der Waals surface area contributed by atoms with E-state index in [0.717, 1.165) is 25.7 Å². The fourth-order valence-electron chi connectivity index (χ4n) is 8.29. The van der Waals surface area contributed by atoms with Crippen LogP contribution in [0.4, 0.5) is 57.5 Å². The van der Waals surface area contributed by atoms with E-state index in [1.807, 2.05) is 34.6 Å². The monoisotopic (exact) mass is 1030 g/mol. The van der Waals surface area contributed by atoms with Crippen molar-refractivity contribution in [1.82, 2.24) is 5.32 Å². The van der Waals surface area contributed by atoms with Crippen LogP contribution in [0.1, 0.15) is 159 Å². The minimum atomic E-state index is -4.90. The fraction of sp³-hybridized carbons (Fsp3) is 0.689. The number of halogens is 13. The van der Waals surface area contributed by atoms with Gasteiger partial charge in [-0.05, 0) is 157 Å². The Morgan fingerprint density at radius 3 is 1.14 bits per heavy atom. The first kappa shape index (κ1) is 61.0. The van der Waals surface area contributed by atoms with Gasteiger partial charge in [-0.3, -0.25) is 0 Å². The standard InChI is InChI=1S/C22H27F6NO3.C22H30F6O2.CH3.BrH.Mg/c1-13(14-9-15(21(23,24)25)11-16(10-14)22(26,27)28)31-12-19(4)5-7-20(8-6-19)18(2,3)32-17(30)29-20;1-14(15-10-16(21(23,24)25)12-17(11-15)22(26,27)28)30-13-19(4)6-8-20(5,9-7-19)18(2,3)29;;;/h9-11,13H,5-8,12H2,1-4H3,(H,29,30);10-12,14,29H,6-9,13H2,1-5H3;1H3;1H;/q;;-1;;+2/p-1/t13-,19?,20?;14-,19?,20?;;;/m11.../s1. The van der Waals surface area contributed by atoms with Gasteiger partial charge in [0.2, 0.25) is 0 Å². The van der Waals surface area contributed by atoms with Crippen molar-refractivity contribution in [2.24, 2.45) is 16.2 Å². The van der Waals surface area contributed by atoms with Crippen LogP contribution < -0.4 is 22.3 Å². The zero-order valence-corrected chi connectivity index (χ0v) is 41.4. The van der Waals surface area contributed by atoms with Gasteiger partial charge in [0, 0.05) is 0 Å². The van der Waals surface area contributed by atoms with Crippen molar-refractivity contribution in [2.75, 3.05) is 13.2 Å². The number of ether oxygens (including phenoxy) is 3. The van der Waals surface area contributed by atoms with Crippen molar-refractivity contribution in [2.45, 2.75) is 167 Å². The molecule has 368 valence electrons. The van der Waals surface area contributed by atoms with E-state index in [-0.39, 0.29) is 100 Å². The van der Waals surface area contributed by atoms with Crippen LogP contribution in [-0.4, -0.2) is 64.2 Å². The number of benzene rings is 2. The van der Waals surface area contributed by atoms with Gasteiger partial charge in [0.25, 0.3) is 0 Å². The number of carbonyl (C=O) groups is 1. The molecule has 20 heteroatoms. The number of amides is 1. The molecule has 1 saturated heterocycles. The Bertz CT molecular complexity index is 1830. The van der Waals surface area contributed by atoms with E-state index >= 15 is 0 Å². The van der Waals surface area contributed by atoms with Gasteiger partial charge < -0.3 is 49.0 Å². The molecule has 5 rings (SSSR count). The third-order valence-electron chi connectivity index (χ3n) is 13.7. The number of alkyl halides is 12. The van der Waals surface area contributed by atoms with Crippen LogP contribution in [-0.2, 0) is 38.9 Å². The fourth-order valence-corrected chi connectivity index (χ4v) is 8.29. The van der Waals surface area contributed by atoms with Crippen molar-refractivity contribution >= 4 is 29.1 Å². The molecule has 1 amide bonds. The molecule has 6 nitrogen and oxygen atoms in total. The molecule has 0 aromatic heterocycles. The second-order valence-electron chi connectivity index (χ2n) is 19.4. The maximum Gasteiger partial charge on any atom is 2.00 e. The van der Waals surface area contributed by atoms with Gasteiger partial charge in [-0.25, -0.2) is 4.79 Å². The third-order valence-corrected chi connectivity index (χ3v) is 13.7. The summed E-state index contributed by atoms with van der Waals surface area (Å²) in [6.07, 6.45) is -16.3.